The summed E-state index contributed by atoms with van der Waals surface area (Å²) in [6.45, 7) is 0. The quantitative estimate of drug-likeness (QED) is 0.200. The molecular weight excluding hydrogens is 428 g/mol. The molecule has 0 spiro atoms. The molecule has 4 rings (SSSR count). The number of ketones is 1. The van der Waals surface area contributed by atoms with Gasteiger partial charge in [0.05, 0.1) is 22.1 Å². The zero-order valence-corrected chi connectivity index (χ0v) is 16.9. The van der Waals surface area contributed by atoms with Gasteiger partial charge in [-0.15, -0.1) is 0 Å². The molecule has 1 fully saturated rings. The van der Waals surface area contributed by atoms with Gasteiger partial charge in [0.1, 0.15) is 5.76 Å². The highest BCUT2D eigenvalue weighted by Crippen LogP contribution is 2.42. The van der Waals surface area contributed by atoms with Gasteiger partial charge in [-0.25, -0.2) is 4.79 Å². The van der Waals surface area contributed by atoms with E-state index in [9.17, 15) is 34.7 Å². The fourth-order valence-corrected chi connectivity index (χ4v) is 3.73. The highest BCUT2D eigenvalue weighted by atomic mass is 16.6. The molecule has 33 heavy (non-hydrogen) atoms. The molecule has 1 unspecified atom stereocenters. The monoisotopic (exact) mass is 444 g/mol. The summed E-state index contributed by atoms with van der Waals surface area (Å²) in [7, 11) is 0. The molecule has 9 heteroatoms. The summed E-state index contributed by atoms with van der Waals surface area (Å²) in [5.41, 5.74) is 0.277. The molecule has 0 saturated carbocycles. The van der Waals surface area contributed by atoms with Gasteiger partial charge in [-0.2, -0.15) is 0 Å². The van der Waals surface area contributed by atoms with E-state index in [-0.39, 0.29) is 22.5 Å². The van der Waals surface area contributed by atoms with Gasteiger partial charge >= 0.3 is 5.97 Å². The molecule has 1 atom stereocenters. The molecule has 1 heterocycles. The minimum Gasteiger partial charge on any atom is -0.507 e. The molecule has 0 aromatic heterocycles. The van der Waals surface area contributed by atoms with Crippen molar-refractivity contribution >= 4 is 34.8 Å². The first-order chi connectivity index (χ1) is 15.8. The van der Waals surface area contributed by atoms with Crippen LogP contribution >= 0.6 is 0 Å². The first-order valence-electron chi connectivity index (χ1n) is 9.73. The number of nitrogens with zero attached hydrogens (tertiary/aromatic N) is 2. The van der Waals surface area contributed by atoms with Gasteiger partial charge in [0.15, 0.2) is 0 Å². The lowest BCUT2D eigenvalue weighted by Crippen LogP contribution is -2.29. The normalized spacial score (nSPS) is 17.2. The number of hydrogen-bond donors (Lipinski definition) is 2. The second kappa shape index (κ2) is 8.39. The minimum absolute atomic E-state index is 0.0973. The Morgan fingerprint density at radius 3 is 2.12 bits per heavy atom. The van der Waals surface area contributed by atoms with Crippen LogP contribution in [0.1, 0.15) is 27.5 Å². The highest BCUT2D eigenvalue weighted by molar-refractivity contribution is 6.51. The number of aliphatic hydroxyl groups is 1. The lowest BCUT2D eigenvalue weighted by molar-refractivity contribution is -0.384. The molecule has 2 N–H and O–H groups in total. The van der Waals surface area contributed by atoms with E-state index in [0.29, 0.717) is 11.1 Å². The molecule has 0 aliphatic carbocycles. The van der Waals surface area contributed by atoms with Gasteiger partial charge in [0, 0.05) is 23.4 Å². The van der Waals surface area contributed by atoms with Gasteiger partial charge < -0.3 is 10.2 Å². The number of non-ortho nitro benzene ring substituents is 1. The lowest BCUT2D eigenvalue weighted by atomic mass is 9.95. The van der Waals surface area contributed by atoms with Gasteiger partial charge in [-0.05, 0) is 35.9 Å². The zero-order chi connectivity index (χ0) is 23.7. The van der Waals surface area contributed by atoms with Crippen molar-refractivity contribution in [3.8, 4) is 0 Å². The average Bonchev–Trinajstić information content (AvgIpc) is 3.09. The Bertz CT molecular complexity index is 1310. The topological polar surface area (TPSA) is 138 Å². The summed E-state index contributed by atoms with van der Waals surface area (Å²) in [5, 5.41) is 31.4. The van der Waals surface area contributed by atoms with Crippen LogP contribution in [0.3, 0.4) is 0 Å². The first kappa shape index (κ1) is 21.4. The number of hydrogen-bond acceptors (Lipinski definition) is 6. The van der Waals surface area contributed by atoms with E-state index >= 15 is 0 Å². The van der Waals surface area contributed by atoms with Crippen molar-refractivity contribution in [3.05, 3.63) is 111 Å². The van der Waals surface area contributed by atoms with Crippen LogP contribution < -0.4 is 4.90 Å². The van der Waals surface area contributed by atoms with Crippen LogP contribution in [0.25, 0.3) is 5.76 Å². The van der Waals surface area contributed by atoms with Crippen LogP contribution in [0, 0.1) is 10.1 Å². The molecule has 3 aromatic carbocycles. The van der Waals surface area contributed by atoms with Crippen LogP contribution in [0.2, 0.25) is 0 Å². The molecule has 3 aromatic rings. The average molecular weight is 444 g/mol. The summed E-state index contributed by atoms with van der Waals surface area (Å²) in [5.74, 6) is -3.54. The molecule has 1 amide bonds. The van der Waals surface area contributed by atoms with E-state index < -0.39 is 34.4 Å². The number of aliphatic hydroxyl groups excluding tert-OH is 1. The number of anilines is 1. The van der Waals surface area contributed by atoms with Crippen molar-refractivity contribution in [2.45, 2.75) is 6.04 Å². The Balaban J connectivity index is 1.94. The standard InChI is InChI=1S/C24H16N2O7/c27-21(15-5-2-1-3-6-15)19-20(14-9-11-17(12-10-14)26(32)33)25(23(29)22(19)28)18-8-4-7-16(13-18)24(30)31/h1-13,20,27H,(H,30,31)/b21-19-. The van der Waals surface area contributed by atoms with Crippen molar-refractivity contribution in [1.82, 2.24) is 0 Å². The zero-order valence-electron chi connectivity index (χ0n) is 16.9. The van der Waals surface area contributed by atoms with E-state index in [0.717, 1.165) is 4.90 Å². The number of nitro benzene ring substituents is 1. The maximum Gasteiger partial charge on any atom is 0.335 e. The third-order valence-electron chi connectivity index (χ3n) is 5.28. The van der Waals surface area contributed by atoms with Crippen molar-refractivity contribution in [2.75, 3.05) is 4.90 Å². The van der Waals surface area contributed by atoms with Gasteiger partial charge in [0.25, 0.3) is 17.4 Å². The fourth-order valence-electron chi connectivity index (χ4n) is 3.73. The Labute approximate surface area is 187 Å². The number of Topliss-reactive ketones (excluding diaryl/α,β-unsaturated/α-hetero) is 1. The fraction of sp³-hybridized carbons (Fsp3) is 0.0417. The molecule has 0 radical (unpaired) electrons. The lowest BCUT2D eigenvalue weighted by Gasteiger charge is -2.25. The number of aromatic carboxylic acids is 1. The SMILES string of the molecule is O=C1C(=O)N(c2cccc(C(=O)O)c2)C(c2ccc([N+](=O)[O-])cc2)/C1=C(/O)c1ccccc1. The van der Waals surface area contributed by atoms with Crippen LogP contribution in [-0.4, -0.2) is 32.8 Å². The van der Waals surface area contributed by atoms with Gasteiger partial charge in [0.2, 0.25) is 0 Å². The van der Waals surface area contributed by atoms with E-state index in [2.05, 4.69) is 0 Å². The number of carboxylic acid groups (broad SMARTS) is 1. The smallest absolute Gasteiger partial charge is 0.335 e. The molecule has 1 aliphatic heterocycles. The second-order valence-corrected chi connectivity index (χ2v) is 7.24. The number of amides is 1. The summed E-state index contributed by atoms with van der Waals surface area (Å²) in [6, 6.07) is 17.8. The van der Waals surface area contributed by atoms with Crippen molar-refractivity contribution in [1.29, 1.82) is 0 Å². The van der Waals surface area contributed by atoms with Crippen molar-refractivity contribution in [3.63, 3.8) is 0 Å². The summed E-state index contributed by atoms with van der Waals surface area (Å²) in [4.78, 5) is 49.1. The van der Waals surface area contributed by atoms with E-state index in [1.807, 2.05) is 0 Å². The number of benzene rings is 3. The van der Waals surface area contributed by atoms with Crippen molar-refractivity contribution in [2.24, 2.45) is 0 Å². The number of carbonyl (C=O) groups is 3. The Kier molecular flexibility index (Phi) is 5.45. The summed E-state index contributed by atoms with van der Waals surface area (Å²) < 4.78 is 0. The van der Waals surface area contributed by atoms with E-state index in [4.69, 9.17) is 0 Å². The largest absolute Gasteiger partial charge is 0.507 e. The first-order valence-corrected chi connectivity index (χ1v) is 9.73. The predicted molar refractivity (Wildman–Crippen MR) is 118 cm³/mol. The van der Waals surface area contributed by atoms with Crippen LogP contribution in [-0.2, 0) is 9.59 Å². The van der Waals surface area contributed by atoms with Gasteiger partial charge in [-0.1, -0.05) is 36.4 Å². The molecule has 1 aliphatic rings. The van der Waals surface area contributed by atoms with Crippen LogP contribution in [0.15, 0.2) is 84.4 Å². The van der Waals surface area contributed by atoms with E-state index in [1.54, 1.807) is 30.3 Å². The number of rotatable bonds is 5. The molecule has 1 saturated heterocycles. The molecule has 164 valence electrons. The number of carboxylic acids is 1. The van der Waals surface area contributed by atoms with Crippen LogP contribution in [0.4, 0.5) is 11.4 Å². The minimum atomic E-state index is -1.22. The molecule has 9 nitrogen and oxygen atoms in total. The highest BCUT2D eigenvalue weighted by Gasteiger charge is 2.47. The summed E-state index contributed by atoms with van der Waals surface area (Å²) >= 11 is 0. The van der Waals surface area contributed by atoms with Gasteiger partial charge in [-0.3, -0.25) is 24.6 Å². The number of nitro groups is 1. The molecule has 0 bridgehead atoms. The maximum absolute atomic E-state index is 13.1. The Morgan fingerprint density at radius 2 is 1.52 bits per heavy atom. The third-order valence-corrected chi connectivity index (χ3v) is 5.28. The summed E-state index contributed by atoms with van der Waals surface area (Å²) in [6.07, 6.45) is 0. The second-order valence-electron chi connectivity index (χ2n) is 7.24. The Hall–Kier alpha value is -4.79. The Morgan fingerprint density at radius 1 is 0.879 bits per heavy atom. The number of carbonyl (C=O) groups excluding carboxylic acids is 2. The maximum atomic E-state index is 13.1. The molecular formula is C24H16N2O7. The van der Waals surface area contributed by atoms with E-state index in [1.165, 1.54) is 48.5 Å². The van der Waals surface area contributed by atoms with Crippen LogP contribution in [0.5, 0.6) is 0 Å². The van der Waals surface area contributed by atoms with Crippen molar-refractivity contribution < 1.29 is 29.5 Å². The predicted octanol–water partition coefficient (Wildman–Crippen LogP) is 3.92. The third kappa shape index (κ3) is 3.83.